The quantitative estimate of drug-likeness (QED) is 0.772. The molecular formula is C21H26F3NO4. The molecule has 0 bridgehead atoms. The predicted molar refractivity (Wildman–Crippen MR) is 99.1 cm³/mol. The van der Waals surface area contributed by atoms with Gasteiger partial charge in [0.25, 0.3) is 5.91 Å². The maximum absolute atomic E-state index is 13.2. The Bertz CT molecular complexity index is 792. The average Bonchev–Trinajstić information content (AvgIpc) is 2.99. The molecule has 1 heterocycles. The molecule has 1 spiro atoms. The fourth-order valence-electron chi connectivity index (χ4n) is 4.46. The van der Waals surface area contributed by atoms with Crippen molar-refractivity contribution in [3.63, 3.8) is 0 Å². The number of halogens is 3. The van der Waals surface area contributed by atoms with Crippen LogP contribution < -0.4 is 0 Å². The van der Waals surface area contributed by atoms with Gasteiger partial charge in [-0.1, -0.05) is 26.8 Å². The minimum absolute atomic E-state index is 0.0717. The molecule has 1 aliphatic heterocycles. The number of benzene rings is 1. The number of hydrogen-bond donors (Lipinski definition) is 1. The molecule has 2 aliphatic rings. The van der Waals surface area contributed by atoms with Crippen LogP contribution in [-0.2, 0) is 15.7 Å². The van der Waals surface area contributed by atoms with E-state index in [2.05, 4.69) is 20.8 Å². The van der Waals surface area contributed by atoms with Gasteiger partial charge in [0.1, 0.15) is 5.72 Å². The van der Waals surface area contributed by atoms with Crippen LogP contribution in [0.1, 0.15) is 62.4 Å². The molecule has 1 saturated heterocycles. The molecule has 160 valence electrons. The van der Waals surface area contributed by atoms with Gasteiger partial charge in [-0.05, 0) is 55.2 Å². The summed E-state index contributed by atoms with van der Waals surface area (Å²) in [5.41, 5.74) is -2.15. The average molecular weight is 413 g/mol. The van der Waals surface area contributed by atoms with E-state index in [0.717, 1.165) is 31.0 Å². The van der Waals surface area contributed by atoms with Crippen LogP contribution in [-0.4, -0.2) is 40.3 Å². The molecule has 5 nitrogen and oxygen atoms in total. The summed E-state index contributed by atoms with van der Waals surface area (Å²) in [6.07, 6.45) is -2.16. The van der Waals surface area contributed by atoms with Crippen LogP contribution in [0.2, 0.25) is 0 Å². The Labute approximate surface area is 167 Å². The van der Waals surface area contributed by atoms with E-state index in [0.29, 0.717) is 18.8 Å². The number of carbonyl (C=O) groups excluding carboxylic acids is 1. The molecule has 1 atom stereocenters. The largest absolute Gasteiger partial charge is 0.480 e. The zero-order valence-electron chi connectivity index (χ0n) is 16.8. The number of carboxylic acid groups (broad SMARTS) is 1. The van der Waals surface area contributed by atoms with Crippen LogP contribution >= 0.6 is 0 Å². The van der Waals surface area contributed by atoms with Crippen molar-refractivity contribution < 1.29 is 32.6 Å². The highest BCUT2D eigenvalue weighted by Crippen LogP contribution is 2.47. The number of amides is 1. The third kappa shape index (κ3) is 4.13. The van der Waals surface area contributed by atoms with Crippen LogP contribution in [0.3, 0.4) is 0 Å². The summed E-state index contributed by atoms with van der Waals surface area (Å²) in [6.45, 7) is 6.24. The lowest BCUT2D eigenvalue weighted by molar-refractivity contribution is -0.144. The van der Waals surface area contributed by atoms with Gasteiger partial charge in [-0.15, -0.1) is 0 Å². The number of ether oxygens (including phenoxy) is 1. The topological polar surface area (TPSA) is 66.8 Å². The third-order valence-corrected chi connectivity index (χ3v) is 6.19. The molecule has 0 radical (unpaired) electrons. The van der Waals surface area contributed by atoms with Gasteiger partial charge in [0, 0.05) is 5.56 Å². The molecule has 1 saturated carbocycles. The van der Waals surface area contributed by atoms with Crippen molar-refractivity contribution in [3.05, 3.63) is 35.4 Å². The van der Waals surface area contributed by atoms with Crippen molar-refractivity contribution in [1.29, 1.82) is 0 Å². The maximum atomic E-state index is 13.2. The maximum Gasteiger partial charge on any atom is 0.416 e. The second kappa shape index (κ2) is 7.31. The van der Waals surface area contributed by atoms with Crippen molar-refractivity contribution in [2.75, 3.05) is 6.61 Å². The zero-order chi connectivity index (χ0) is 21.6. The van der Waals surface area contributed by atoms with Gasteiger partial charge in [0.2, 0.25) is 0 Å². The van der Waals surface area contributed by atoms with Crippen molar-refractivity contribution >= 4 is 11.9 Å². The highest BCUT2D eigenvalue weighted by atomic mass is 19.4. The van der Waals surface area contributed by atoms with E-state index in [-0.39, 0.29) is 17.6 Å². The normalized spacial score (nSPS) is 28.0. The van der Waals surface area contributed by atoms with E-state index >= 15 is 0 Å². The zero-order valence-corrected chi connectivity index (χ0v) is 16.8. The summed E-state index contributed by atoms with van der Waals surface area (Å²) in [7, 11) is 0. The summed E-state index contributed by atoms with van der Waals surface area (Å²) >= 11 is 0. The Morgan fingerprint density at radius 1 is 1.17 bits per heavy atom. The number of carbonyl (C=O) groups is 2. The first-order valence-electron chi connectivity index (χ1n) is 9.73. The van der Waals surface area contributed by atoms with Gasteiger partial charge in [-0.25, -0.2) is 4.79 Å². The monoisotopic (exact) mass is 413 g/mol. The minimum atomic E-state index is -4.59. The van der Waals surface area contributed by atoms with E-state index < -0.39 is 35.4 Å². The SMILES string of the molecule is CC(C)(C)C1CCC2(CC1)OC[C@@H](C(=O)O)N2C(=O)c1cccc(C(F)(F)F)c1. The van der Waals surface area contributed by atoms with E-state index in [1.165, 1.54) is 11.0 Å². The first kappa shape index (κ1) is 21.6. The molecule has 8 heteroatoms. The smallest absolute Gasteiger partial charge is 0.416 e. The van der Waals surface area contributed by atoms with Gasteiger partial charge in [-0.3, -0.25) is 9.69 Å². The molecule has 1 aromatic carbocycles. The summed E-state index contributed by atoms with van der Waals surface area (Å²) in [5, 5.41) is 9.60. The van der Waals surface area contributed by atoms with Gasteiger partial charge in [0.05, 0.1) is 12.2 Å². The summed E-state index contributed by atoms with van der Waals surface area (Å²) in [5.74, 6) is -1.57. The first-order chi connectivity index (χ1) is 13.3. The summed E-state index contributed by atoms with van der Waals surface area (Å²) < 4.78 is 45.1. The highest BCUT2D eigenvalue weighted by molar-refractivity contribution is 5.97. The van der Waals surface area contributed by atoms with Crippen molar-refractivity contribution in [3.8, 4) is 0 Å². The molecule has 29 heavy (non-hydrogen) atoms. The van der Waals surface area contributed by atoms with Crippen molar-refractivity contribution in [2.24, 2.45) is 11.3 Å². The predicted octanol–water partition coefficient (Wildman–Crippen LogP) is 4.56. The van der Waals surface area contributed by atoms with E-state index in [1.54, 1.807) is 0 Å². The highest BCUT2D eigenvalue weighted by Gasteiger charge is 2.54. The van der Waals surface area contributed by atoms with Crippen molar-refractivity contribution in [2.45, 2.75) is 64.4 Å². The number of carboxylic acids is 1. The van der Waals surface area contributed by atoms with E-state index in [4.69, 9.17) is 4.74 Å². The number of nitrogens with zero attached hydrogens (tertiary/aromatic N) is 1. The minimum Gasteiger partial charge on any atom is -0.480 e. The van der Waals surface area contributed by atoms with Crippen LogP contribution in [0, 0.1) is 11.3 Å². The van der Waals surface area contributed by atoms with Gasteiger partial charge < -0.3 is 9.84 Å². The molecule has 1 aromatic rings. The molecule has 3 rings (SSSR count). The Balaban J connectivity index is 1.93. The Morgan fingerprint density at radius 3 is 2.31 bits per heavy atom. The molecule has 1 aliphatic carbocycles. The van der Waals surface area contributed by atoms with Gasteiger partial charge in [0.15, 0.2) is 6.04 Å². The lowest BCUT2D eigenvalue weighted by atomic mass is 9.70. The van der Waals surface area contributed by atoms with Crippen LogP contribution in [0.25, 0.3) is 0 Å². The molecule has 0 unspecified atom stereocenters. The molecular weight excluding hydrogens is 387 g/mol. The number of alkyl halides is 3. The molecule has 1 N–H and O–H groups in total. The Morgan fingerprint density at radius 2 is 1.79 bits per heavy atom. The van der Waals surface area contributed by atoms with E-state index in [9.17, 15) is 27.9 Å². The number of aliphatic carboxylic acids is 1. The van der Waals surface area contributed by atoms with E-state index in [1.807, 2.05) is 0 Å². The summed E-state index contributed by atoms with van der Waals surface area (Å²) in [4.78, 5) is 26.1. The van der Waals surface area contributed by atoms with Crippen LogP contribution in [0.15, 0.2) is 24.3 Å². The van der Waals surface area contributed by atoms with Crippen molar-refractivity contribution in [1.82, 2.24) is 4.90 Å². The Kier molecular flexibility index (Phi) is 5.45. The second-order valence-electron chi connectivity index (χ2n) is 9.01. The fourth-order valence-corrected chi connectivity index (χ4v) is 4.46. The lowest BCUT2D eigenvalue weighted by Crippen LogP contribution is -2.55. The van der Waals surface area contributed by atoms with Crippen LogP contribution in [0.4, 0.5) is 13.2 Å². The Hall–Kier alpha value is -2.09. The number of hydrogen-bond acceptors (Lipinski definition) is 3. The molecule has 1 amide bonds. The molecule has 2 fully saturated rings. The van der Waals surface area contributed by atoms with Gasteiger partial charge >= 0.3 is 12.1 Å². The van der Waals surface area contributed by atoms with Crippen LogP contribution in [0.5, 0.6) is 0 Å². The summed E-state index contributed by atoms with van der Waals surface area (Å²) in [6, 6.07) is 2.88. The number of rotatable bonds is 2. The standard InChI is InChI=1S/C21H26F3NO4/c1-19(2,3)14-7-9-20(10-8-14)25(16(12-29-20)18(27)28)17(26)13-5-4-6-15(11-13)21(22,23)24/h4-6,11,14,16H,7-10,12H2,1-3H3,(H,27,28)/t14?,16-,20?/m0/s1. The fraction of sp³-hybridized carbons (Fsp3) is 0.619. The second-order valence-corrected chi connectivity index (χ2v) is 9.01. The van der Waals surface area contributed by atoms with Gasteiger partial charge in [-0.2, -0.15) is 13.2 Å². The first-order valence-corrected chi connectivity index (χ1v) is 9.73. The third-order valence-electron chi connectivity index (χ3n) is 6.19. The molecule has 0 aromatic heterocycles. The lowest BCUT2D eigenvalue weighted by Gasteiger charge is -2.46.